The van der Waals surface area contributed by atoms with Gasteiger partial charge in [-0.1, -0.05) is 25.4 Å². The summed E-state index contributed by atoms with van der Waals surface area (Å²) in [6.07, 6.45) is 3.47. The molecule has 0 radical (unpaired) electrons. The number of halogens is 1. The molecule has 0 spiro atoms. The molecule has 110 valence electrons. The van der Waals surface area contributed by atoms with Crippen molar-refractivity contribution in [3.05, 3.63) is 28.8 Å². The van der Waals surface area contributed by atoms with Crippen LogP contribution in [-0.4, -0.2) is 24.2 Å². The highest BCUT2D eigenvalue weighted by Gasteiger charge is 2.22. The summed E-state index contributed by atoms with van der Waals surface area (Å²) in [7, 11) is 0. The van der Waals surface area contributed by atoms with Crippen LogP contribution in [-0.2, 0) is 0 Å². The molecule has 1 N–H and O–H groups in total. The van der Waals surface area contributed by atoms with Gasteiger partial charge in [-0.3, -0.25) is 0 Å². The van der Waals surface area contributed by atoms with Gasteiger partial charge in [0.05, 0.1) is 11.3 Å². The number of aromatic carboxylic acids is 1. The van der Waals surface area contributed by atoms with Crippen molar-refractivity contribution in [3.8, 4) is 0 Å². The Morgan fingerprint density at radius 1 is 1.35 bits per heavy atom. The molecule has 0 aromatic heterocycles. The highest BCUT2D eigenvalue weighted by atomic mass is 35.5. The Morgan fingerprint density at radius 3 is 2.75 bits per heavy atom. The number of rotatable bonds is 3. The van der Waals surface area contributed by atoms with Crippen molar-refractivity contribution in [2.45, 2.75) is 33.1 Å². The summed E-state index contributed by atoms with van der Waals surface area (Å²) >= 11 is 5.91. The van der Waals surface area contributed by atoms with Gasteiger partial charge >= 0.3 is 5.97 Å². The van der Waals surface area contributed by atoms with Crippen molar-refractivity contribution in [1.82, 2.24) is 0 Å². The lowest BCUT2D eigenvalue weighted by Crippen LogP contribution is -2.26. The van der Waals surface area contributed by atoms with E-state index in [1.807, 2.05) is 6.07 Å². The van der Waals surface area contributed by atoms with Crippen LogP contribution in [0.15, 0.2) is 18.2 Å². The van der Waals surface area contributed by atoms with Crippen LogP contribution in [0, 0.1) is 11.8 Å². The van der Waals surface area contributed by atoms with Crippen LogP contribution in [0.4, 0.5) is 5.69 Å². The number of hydrogen-bond acceptors (Lipinski definition) is 2. The fraction of sp³-hybridized carbons (Fsp3) is 0.562. The van der Waals surface area contributed by atoms with Crippen LogP contribution in [0.5, 0.6) is 0 Å². The molecule has 2 rings (SSSR count). The third-order valence-electron chi connectivity index (χ3n) is 4.25. The number of anilines is 1. The van der Waals surface area contributed by atoms with Crippen molar-refractivity contribution in [2.24, 2.45) is 11.8 Å². The van der Waals surface area contributed by atoms with E-state index in [0.717, 1.165) is 37.5 Å². The van der Waals surface area contributed by atoms with Gasteiger partial charge in [-0.2, -0.15) is 0 Å². The summed E-state index contributed by atoms with van der Waals surface area (Å²) in [5.74, 6) is 0.520. The fourth-order valence-corrected chi connectivity index (χ4v) is 3.16. The summed E-state index contributed by atoms with van der Waals surface area (Å²) < 4.78 is 0. The highest BCUT2D eigenvalue weighted by Crippen LogP contribution is 2.30. The van der Waals surface area contributed by atoms with Crippen LogP contribution in [0.25, 0.3) is 0 Å². The average molecular weight is 296 g/mol. The van der Waals surface area contributed by atoms with E-state index >= 15 is 0 Å². The Bertz CT molecular complexity index is 487. The van der Waals surface area contributed by atoms with Crippen LogP contribution in [0.2, 0.25) is 5.02 Å². The number of carbonyl (C=O) groups is 1. The van der Waals surface area contributed by atoms with Crippen LogP contribution in [0.1, 0.15) is 43.5 Å². The second kappa shape index (κ2) is 6.49. The van der Waals surface area contributed by atoms with Crippen molar-refractivity contribution in [1.29, 1.82) is 0 Å². The molecule has 1 aliphatic heterocycles. The SMILES string of the molecule is CC(C)C1CCCN(c2ccc(Cl)cc2C(=O)O)CC1. The molecule has 1 aliphatic rings. The highest BCUT2D eigenvalue weighted by molar-refractivity contribution is 6.31. The third-order valence-corrected chi connectivity index (χ3v) is 4.48. The molecule has 1 aromatic rings. The van der Waals surface area contributed by atoms with Gasteiger partial charge in [-0.25, -0.2) is 4.79 Å². The predicted octanol–water partition coefficient (Wildman–Crippen LogP) is 4.30. The van der Waals surface area contributed by atoms with E-state index in [2.05, 4.69) is 18.7 Å². The number of benzene rings is 1. The predicted molar refractivity (Wildman–Crippen MR) is 82.8 cm³/mol. The summed E-state index contributed by atoms with van der Waals surface area (Å²) in [6.45, 7) is 6.38. The first kappa shape index (κ1) is 15.2. The molecule has 1 fully saturated rings. The zero-order valence-electron chi connectivity index (χ0n) is 12.1. The minimum atomic E-state index is -0.910. The first-order chi connectivity index (χ1) is 9.49. The van der Waals surface area contributed by atoms with Crippen LogP contribution >= 0.6 is 11.6 Å². The zero-order valence-corrected chi connectivity index (χ0v) is 12.9. The van der Waals surface area contributed by atoms with Gasteiger partial charge in [0.1, 0.15) is 0 Å². The van der Waals surface area contributed by atoms with Gasteiger partial charge < -0.3 is 10.0 Å². The maximum Gasteiger partial charge on any atom is 0.337 e. The lowest BCUT2D eigenvalue weighted by atomic mass is 9.89. The van der Waals surface area contributed by atoms with E-state index in [1.165, 1.54) is 6.42 Å². The molecule has 1 saturated heterocycles. The normalized spacial score (nSPS) is 20.0. The van der Waals surface area contributed by atoms with Gasteiger partial charge in [-0.05, 0) is 49.3 Å². The number of nitrogens with zero attached hydrogens (tertiary/aromatic N) is 1. The Hall–Kier alpha value is -1.22. The molecular weight excluding hydrogens is 274 g/mol. The Balaban J connectivity index is 2.21. The van der Waals surface area contributed by atoms with Gasteiger partial charge in [0, 0.05) is 18.1 Å². The number of carboxylic acids is 1. The molecule has 0 amide bonds. The van der Waals surface area contributed by atoms with Crippen molar-refractivity contribution < 1.29 is 9.90 Å². The van der Waals surface area contributed by atoms with E-state index in [0.29, 0.717) is 16.5 Å². The Kier molecular flexibility index (Phi) is 4.92. The molecule has 1 unspecified atom stereocenters. The largest absolute Gasteiger partial charge is 0.478 e. The summed E-state index contributed by atoms with van der Waals surface area (Å²) in [5, 5.41) is 9.82. The second-order valence-electron chi connectivity index (χ2n) is 5.89. The maximum absolute atomic E-state index is 11.4. The first-order valence-electron chi connectivity index (χ1n) is 7.27. The standard InChI is InChI=1S/C16H22ClNO2/c1-11(2)12-4-3-8-18(9-7-12)15-6-5-13(17)10-14(15)16(19)20/h5-6,10-12H,3-4,7-9H2,1-2H3,(H,19,20). The minimum absolute atomic E-state index is 0.306. The first-order valence-corrected chi connectivity index (χ1v) is 7.64. The molecular formula is C16H22ClNO2. The number of hydrogen-bond donors (Lipinski definition) is 1. The van der Waals surface area contributed by atoms with E-state index in [-0.39, 0.29) is 0 Å². The molecule has 1 aromatic carbocycles. The van der Waals surface area contributed by atoms with Gasteiger partial charge in [-0.15, -0.1) is 0 Å². The Labute approximate surface area is 125 Å². The molecule has 20 heavy (non-hydrogen) atoms. The van der Waals surface area contributed by atoms with Crippen molar-refractivity contribution in [3.63, 3.8) is 0 Å². The molecule has 1 atom stereocenters. The maximum atomic E-state index is 11.4. The quantitative estimate of drug-likeness (QED) is 0.904. The molecule has 3 nitrogen and oxygen atoms in total. The van der Waals surface area contributed by atoms with E-state index in [9.17, 15) is 9.90 Å². The fourth-order valence-electron chi connectivity index (χ4n) is 2.99. The molecule has 0 saturated carbocycles. The summed E-state index contributed by atoms with van der Waals surface area (Å²) in [4.78, 5) is 13.6. The van der Waals surface area contributed by atoms with Crippen molar-refractivity contribution in [2.75, 3.05) is 18.0 Å². The molecule has 0 bridgehead atoms. The zero-order chi connectivity index (χ0) is 14.7. The second-order valence-corrected chi connectivity index (χ2v) is 6.33. The van der Waals surface area contributed by atoms with Crippen molar-refractivity contribution >= 4 is 23.3 Å². The molecule has 1 heterocycles. The van der Waals surface area contributed by atoms with Gasteiger partial charge in [0.2, 0.25) is 0 Å². The van der Waals surface area contributed by atoms with E-state index in [4.69, 9.17) is 11.6 Å². The monoisotopic (exact) mass is 295 g/mol. The smallest absolute Gasteiger partial charge is 0.337 e. The Morgan fingerprint density at radius 2 is 2.10 bits per heavy atom. The molecule has 0 aliphatic carbocycles. The third kappa shape index (κ3) is 3.45. The average Bonchev–Trinajstić information content (AvgIpc) is 2.64. The van der Waals surface area contributed by atoms with Gasteiger partial charge in [0.25, 0.3) is 0 Å². The van der Waals surface area contributed by atoms with E-state index < -0.39 is 5.97 Å². The topological polar surface area (TPSA) is 40.5 Å². The lowest BCUT2D eigenvalue weighted by Gasteiger charge is -2.25. The minimum Gasteiger partial charge on any atom is -0.478 e. The summed E-state index contributed by atoms with van der Waals surface area (Å²) in [5.41, 5.74) is 1.10. The van der Waals surface area contributed by atoms with Gasteiger partial charge in [0.15, 0.2) is 0 Å². The van der Waals surface area contributed by atoms with E-state index in [1.54, 1.807) is 12.1 Å². The van der Waals surface area contributed by atoms with Crippen LogP contribution < -0.4 is 4.90 Å². The van der Waals surface area contributed by atoms with Crippen LogP contribution in [0.3, 0.4) is 0 Å². The number of carboxylic acid groups (broad SMARTS) is 1. The summed E-state index contributed by atoms with van der Waals surface area (Å²) in [6, 6.07) is 5.15. The lowest BCUT2D eigenvalue weighted by molar-refractivity contribution is 0.0697. The molecule has 4 heteroatoms.